The van der Waals surface area contributed by atoms with Gasteiger partial charge < -0.3 is 25.1 Å². The lowest BCUT2D eigenvalue weighted by Gasteiger charge is -2.36. The van der Waals surface area contributed by atoms with Gasteiger partial charge in [0, 0.05) is 74.7 Å². The van der Waals surface area contributed by atoms with Gasteiger partial charge in [-0.05, 0) is 136 Å². The summed E-state index contributed by atoms with van der Waals surface area (Å²) in [5.74, 6) is 2.94. The molecule has 65 heavy (non-hydrogen) atoms. The summed E-state index contributed by atoms with van der Waals surface area (Å²) in [6.07, 6.45) is 9.50. The third kappa shape index (κ3) is 9.97. The minimum Gasteiger partial charge on any atom is -0.369 e. The average molecular weight is 987 g/mol. The maximum Gasteiger partial charge on any atom is 0.259 e. The molecule has 2 saturated heterocycles. The highest BCUT2D eigenvalue weighted by atomic mass is 127. The number of halogens is 1. The Hall–Kier alpha value is -5.63. The van der Waals surface area contributed by atoms with Crippen LogP contribution in [0.4, 0.5) is 5.69 Å². The van der Waals surface area contributed by atoms with Crippen LogP contribution in [0, 0.1) is 43.1 Å². The molecule has 8 aromatic rings. The summed E-state index contributed by atoms with van der Waals surface area (Å²) in [7, 11) is 0. The Morgan fingerprint density at radius 1 is 0.600 bits per heavy atom. The van der Waals surface area contributed by atoms with E-state index in [1.54, 1.807) is 9.03 Å². The third-order valence-electron chi connectivity index (χ3n) is 12.7. The number of hydrogen-bond acceptors (Lipinski definition) is 12. The van der Waals surface area contributed by atoms with Gasteiger partial charge in [-0.3, -0.25) is 24.5 Å². The first-order chi connectivity index (χ1) is 31.5. The van der Waals surface area contributed by atoms with Crippen molar-refractivity contribution >= 4 is 61.1 Å². The molecule has 12 rings (SSSR count). The molecule has 336 valence electrons. The number of hydrogen-bond donors (Lipinski definition) is 3. The second-order valence-corrected chi connectivity index (χ2v) is 19.3. The Kier molecular flexibility index (Phi) is 12.2. The molecule has 16 nitrogen and oxygen atoms in total. The smallest absolute Gasteiger partial charge is 0.259 e. The highest BCUT2D eigenvalue weighted by Crippen LogP contribution is 2.31. The molecule has 2 aromatic carbocycles. The van der Waals surface area contributed by atoms with Crippen LogP contribution in [0.15, 0.2) is 70.5 Å². The molecule has 0 radical (unpaired) electrons. The molecular formula is C48H55IN14O2. The highest BCUT2D eigenvalue weighted by molar-refractivity contribution is 14.1. The zero-order chi connectivity index (χ0) is 44.8. The Bertz CT molecular complexity index is 3150. The van der Waals surface area contributed by atoms with E-state index in [4.69, 9.17) is 4.98 Å². The summed E-state index contributed by atoms with van der Waals surface area (Å²) < 4.78 is 4.56. The van der Waals surface area contributed by atoms with Gasteiger partial charge in [-0.25, -0.2) is 19.0 Å². The molecule has 6 aromatic heterocycles. The molecule has 4 aliphatic rings. The zero-order valence-corrected chi connectivity index (χ0v) is 39.6. The summed E-state index contributed by atoms with van der Waals surface area (Å²) >= 11 is 2.18. The van der Waals surface area contributed by atoms with Crippen LogP contribution in [0.3, 0.4) is 0 Å². The van der Waals surface area contributed by atoms with E-state index in [0.29, 0.717) is 44.8 Å². The Morgan fingerprint density at radius 3 is 1.62 bits per heavy atom. The van der Waals surface area contributed by atoms with Crippen molar-refractivity contribution in [1.29, 1.82) is 0 Å². The van der Waals surface area contributed by atoms with Gasteiger partial charge >= 0.3 is 0 Å². The fourth-order valence-electron chi connectivity index (χ4n) is 8.90. The highest BCUT2D eigenvalue weighted by Gasteiger charge is 2.27. The van der Waals surface area contributed by atoms with E-state index in [0.717, 1.165) is 81.1 Å². The monoisotopic (exact) mass is 986 g/mol. The van der Waals surface area contributed by atoms with Crippen LogP contribution >= 0.6 is 22.6 Å². The first kappa shape index (κ1) is 43.3. The number of fused-ring (bicyclic) bond motifs is 4. The Morgan fingerprint density at radius 2 is 1.09 bits per heavy atom. The summed E-state index contributed by atoms with van der Waals surface area (Å²) in [6, 6.07) is 15.4. The van der Waals surface area contributed by atoms with Crippen LogP contribution in [-0.4, -0.2) is 124 Å². The van der Waals surface area contributed by atoms with Crippen molar-refractivity contribution in [1.82, 2.24) is 64.2 Å². The molecule has 0 spiro atoms. The lowest BCUT2D eigenvalue weighted by atomic mass is 10.1. The average Bonchev–Trinajstić information content (AvgIpc) is 4.21. The standard InChI is InChI=1S/C24H27N7O.C16H12IN5O.C8H16N2/c1-15-13-31-22(16(2)25-15)12-21(28-31)23-26-20-6-5-18(11-19(20)24(32)27-23)30-9-7-29(8-10-30)14-17-3-4-17;1-8-7-22-14(9(2)18-8)6-13(21-22)15-19-12-4-3-10(17)5-11(12)16(23)20-15;1-2-8(1)7-10-5-3-9-4-6-10/h5-6,11-13,17H,3-4,7-10,14H2,1-2H3,(H,26,27,32);3-7H,1-2H3,(H,19,20,23);8-9H,1-7H2. The molecule has 3 N–H and O–H groups in total. The lowest BCUT2D eigenvalue weighted by molar-refractivity contribution is 0.232. The van der Waals surface area contributed by atoms with E-state index in [1.165, 1.54) is 65.0 Å². The summed E-state index contributed by atoms with van der Waals surface area (Å²) in [5.41, 5.74) is 8.77. The topological polar surface area (TPSA) is 174 Å². The SMILES string of the molecule is C1CN(CC2CC2)CCN1.Cc1cn2nc(-c3nc4ccc(I)cc4c(=O)[nH]3)cc2c(C)n1.Cc1cn2nc(-c3nc4ccc(N5CCN(CC6CC6)CC5)cc4c(=O)[nH]3)cc2c(C)n1. The van der Waals surface area contributed by atoms with Crippen molar-refractivity contribution in [3.8, 4) is 23.0 Å². The van der Waals surface area contributed by atoms with Gasteiger partial charge in [0.15, 0.2) is 11.6 Å². The summed E-state index contributed by atoms with van der Waals surface area (Å²) in [5, 5.41) is 13.7. The van der Waals surface area contributed by atoms with Crippen LogP contribution in [0.25, 0.3) is 55.9 Å². The van der Waals surface area contributed by atoms with E-state index >= 15 is 0 Å². The number of H-pyrrole nitrogens is 2. The van der Waals surface area contributed by atoms with Crippen LogP contribution in [0.5, 0.6) is 0 Å². The molecule has 4 fully saturated rings. The van der Waals surface area contributed by atoms with E-state index in [2.05, 4.69) is 83.8 Å². The normalized spacial score (nSPS) is 17.1. The number of rotatable bonds is 7. The van der Waals surface area contributed by atoms with Crippen LogP contribution in [0.1, 0.15) is 48.5 Å². The van der Waals surface area contributed by atoms with Crippen LogP contribution in [-0.2, 0) is 0 Å². The van der Waals surface area contributed by atoms with Crippen molar-refractivity contribution in [3.05, 3.63) is 108 Å². The molecule has 0 atom stereocenters. The number of benzene rings is 2. The second-order valence-electron chi connectivity index (χ2n) is 18.1. The van der Waals surface area contributed by atoms with Gasteiger partial charge in [-0.1, -0.05) is 0 Å². The predicted molar refractivity (Wildman–Crippen MR) is 264 cm³/mol. The maximum atomic E-state index is 13.0. The van der Waals surface area contributed by atoms with Gasteiger partial charge in [0.1, 0.15) is 11.4 Å². The number of piperazine rings is 2. The molecule has 17 heteroatoms. The van der Waals surface area contributed by atoms with Gasteiger partial charge in [0.25, 0.3) is 11.1 Å². The number of aromatic nitrogens is 10. The number of nitrogens with zero attached hydrogens (tertiary/aromatic N) is 11. The van der Waals surface area contributed by atoms with Gasteiger partial charge in [0.2, 0.25) is 0 Å². The minimum atomic E-state index is -0.161. The molecule has 0 unspecified atom stereocenters. The number of aromatic amines is 2. The molecule has 8 heterocycles. The summed E-state index contributed by atoms with van der Waals surface area (Å²) in [4.78, 5) is 56.7. The lowest BCUT2D eigenvalue weighted by Crippen LogP contribution is -2.47. The Labute approximate surface area is 390 Å². The van der Waals surface area contributed by atoms with Gasteiger partial charge in [-0.15, -0.1) is 0 Å². The first-order valence-corrected chi connectivity index (χ1v) is 23.9. The van der Waals surface area contributed by atoms with Crippen LogP contribution in [0.2, 0.25) is 0 Å². The van der Waals surface area contributed by atoms with E-state index in [9.17, 15) is 9.59 Å². The van der Waals surface area contributed by atoms with Gasteiger partial charge in [-0.2, -0.15) is 10.2 Å². The van der Waals surface area contributed by atoms with Crippen molar-refractivity contribution < 1.29 is 0 Å². The second kappa shape index (κ2) is 18.3. The number of nitrogens with one attached hydrogen (secondary N) is 3. The number of anilines is 1. The van der Waals surface area contributed by atoms with Gasteiger partial charge in [0.05, 0.1) is 68.0 Å². The van der Waals surface area contributed by atoms with Crippen molar-refractivity contribution in [2.24, 2.45) is 11.8 Å². The maximum absolute atomic E-state index is 13.0. The van der Waals surface area contributed by atoms with E-state index in [-0.39, 0.29) is 11.1 Å². The largest absolute Gasteiger partial charge is 0.369 e. The van der Waals surface area contributed by atoms with Crippen molar-refractivity contribution in [2.75, 3.05) is 70.3 Å². The number of aryl methyl sites for hydroxylation is 4. The van der Waals surface area contributed by atoms with Crippen LogP contribution < -0.4 is 21.3 Å². The van der Waals surface area contributed by atoms with Crippen molar-refractivity contribution in [3.63, 3.8) is 0 Å². The fourth-order valence-corrected chi connectivity index (χ4v) is 9.39. The quantitative estimate of drug-likeness (QED) is 0.161. The molecular weight excluding hydrogens is 932 g/mol. The Balaban J connectivity index is 0.000000131. The fraction of sp³-hybridized carbons (Fsp3) is 0.417. The zero-order valence-electron chi connectivity index (χ0n) is 37.4. The molecule has 2 aliphatic carbocycles. The first-order valence-electron chi connectivity index (χ1n) is 22.8. The third-order valence-corrected chi connectivity index (χ3v) is 13.4. The van der Waals surface area contributed by atoms with Crippen molar-refractivity contribution in [2.45, 2.75) is 53.4 Å². The molecule has 2 saturated carbocycles. The summed E-state index contributed by atoms with van der Waals surface area (Å²) in [6.45, 7) is 19.5. The molecule has 0 amide bonds. The van der Waals surface area contributed by atoms with E-state index in [1.807, 2.05) is 82.6 Å². The van der Waals surface area contributed by atoms with E-state index < -0.39 is 0 Å². The molecule has 0 bridgehead atoms. The molecule has 2 aliphatic heterocycles. The minimum absolute atomic E-state index is 0.137. The predicted octanol–water partition coefficient (Wildman–Crippen LogP) is 5.94.